The number of ether oxygens (including phenoxy) is 2. The Morgan fingerprint density at radius 1 is 1.07 bits per heavy atom. The van der Waals surface area contributed by atoms with E-state index in [-0.39, 0.29) is 11.2 Å². The van der Waals surface area contributed by atoms with Crippen LogP contribution < -0.4 is 9.47 Å². The summed E-state index contributed by atoms with van der Waals surface area (Å²) in [5.74, 6) is 1.58. The lowest BCUT2D eigenvalue weighted by atomic mass is 10.1. The summed E-state index contributed by atoms with van der Waals surface area (Å²) in [5.41, 5.74) is 1.66. The van der Waals surface area contributed by atoms with E-state index in [1.807, 2.05) is 18.2 Å². The molecule has 2 heterocycles. The molecule has 0 saturated carbocycles. The summed E-state index contributed by atoms with van der Waals surface area (Å²) in [6, 6.07) is 10.8. The van der Waals surface area contributed by atoms with Crippen molar-refractivity contribution in [2.45, 2.75) is 16.8 Å². The average Bonchev–Trinajstić information content (AvgIpc) is 3.14. The fourth-order valence-electron chi connectivity index (χ4n) is 2.95. The van der Waals surface area contributed by atoms with Gasteiger partial charge in [-0.2, -0.15) is 4.68 Å². The highest BCUT2D eigenvalue weighted by Crippen LogP contribution is 2.43. The molecular formula is C19H15Cl2N3O3S. The molecule has 144 valence electrons. The maximum absolute atomic E-state index is 12.7. The van der Waals surface area contributed by atoms with Gasteiger partial charge in [-0.3, -0.25) is 4.79 Å². The number of carbonyl (C=O) groups excluding carboxylic acids is 1. The van der Waals surface area contributed by atoms with Gasteiger partial charge in [0.05, 0.1) is 24.3 Å². The van der Waals surface area contributed by atoms with Crippen LogP contribution in [0.25, 0.3) is 11.4 Å². The third-order valence-corrected chi connectivity index (χ3v) is 6.32. The molecule has 2 aromatic carbocycles. The van der Waals surface area contributed by atoms with Crippen LogP contribution in [0.4, 0.5) is 0 Å². The maximum Gasteiger partial charge on any atom is 0.250 e. The minimum absolute atomic E-state index is 0.0920. The topological polar surface area (TPSA) is 66.2 Å². The van der Waals surface area contributed by atoms with Crippen molar-refractivity contribution in [2.75, 3.05) is 14.2 Å². The van der Waals surface area contributed by atoms with E-state index in [2.05, 4.69) is 10.1 Å². The van der Waals surface area contributed by atoms with Crippen LogP contribution in [0.3, 0.4) is 0 Å². The van der Waals surface area contributed by atoms with E-state index in [4.69, 9.17) is 32.7 Å². The Bertz CT molecular complexity index is 1070. The summed E-state index contributed by atoms with van der Waals surface area (Å²) in [6.45, 7) is 0. The molecule has 6 nitrogen and oxygen atoms in total. The fraction of sp³-hybridized carbons (Fsp3) is 0.211. The maximum atomic E-state index is 12.7. The minimum Gasteiger partial charge on any atom is -0.493 e. The predicted octanol–water partition coefficient (Wildman–Crippen LogP) is 5.15. The highest BCUT2D eigenvalue weighted by molar-refractivity contribution is 7.99. The average molecular weight is 436 g/mol. The summed E-state index contributed by atoms with van der Waals surface area (Å²) in [5, 5.41) is 5.66. The van der Waals surface area contributed by atoms with Gasteiger partial charge in [0.2, 0.25) is 0 Å². The van der Waals surface area contributed by atoms with Gasteiger partial charge in [0.15, 0.2) is 22.5 Å². The number of hydrogen-bond acceptors (Lipinski definition) is 6. The number of benzene rings is 2. The SMILES string of the molecule is COc1ccc([C@@H]2CC(=O)n3nc(-c4ccc(Cl)c(Cl)c4)nc3S2)cc1OC. The van der Waals surface area contributed by atoms with Crippen LogP contribution in [0.1, 0.15) is 22.0 Å². The van der Waals surface area contributed by atoms with E-state index in [9.17, 15) is 4.79 Å². The first-order chi connectivity index (χ1) is 13.5. The van der Waals surface area contributed by atoms with E-state index in [0.717, 1.165) is 5.56 Å². The molecule has 0 fully saturated rings. The van der Waals surface area contributed by atoms with Gasteiger partial charge in [0.25, 0.3) is 5.91 Å². The van der Waals surface area contributed by atoms with Crippen molar-refractivity contribution in [1.82, 2.24) is 14.8 Å². The third-order valence-electron chi connectivity index (χ3n) is 4.38. The summed E-state index contributed by atoms with van der Waals surface area (Å²) in [4.78, 5) is 17.2. The second-order valence-corrected chi connectivity index (χ2v) is 8.06. The molecule has 3 aromatic rings. The zero-order valence-electron chi connectivity index (χ0n) is 15.0. The monoisotopic (exact) mass is 435 g/mol. The van der Waals surface area contributed by atoms with Gasteiger partial charge in [-0.25, -0.2) is 4.98 Å². The van der Waals surface area contributed by atoms with E-state index in [1.54, 1.807) is 32.4 Å². The second kappa shape index (κ2) is 7.66. The molecule has 0 N–H and O–H groups in total. The lowest BCUT2D eigenvalue weighted by Gasteiger charge is -2.21. The van der Waals surface area contributed by atoms with Gasteiger partial charge in [-0.15, -0.1) is 5.10 Å². The van der Waals surface area contributed by atoms with E-state index < -0.39 is 0 Å². The van der Waals surface area contributed by atoms with Crippen LogP contribution in [-0.4, -0.2) is 34.9 Å². The number of fused-ring (bicyclic) bond motifs is 1. The molecule has 0 aliphatic carbocycles. The third kappa shape index (κ3) is 3.45. The van der Waals surface area contributed by atoms with Crippen LogP contribution in [-0.2, 0) is 0 Å². The molecule has 9 heteroatoms. The Labute approximate surface area is 175 Å². The predicted molar refractivity (Wildman–Crippen MR) is 109 cm³/mol. The number of rotatable bonds is 4. The fourth-order valence-corrected chi connectivity index (χ4v) is 4.39. The van der Waals surface area contributed by atoms with Crippen LogP contribution in [0.5, 0.6) is 11.5 Å². The van der Waals surface area contributed by atoms with Crippen molar-refractivity contribution >= 4 is 40.9 Å². The van der Waals surface area contributed by atoms with Crippen molar-refractivity contribution in [1.29, 1.82) is 0 Å². The van der Waals surface area contributed by atoms with Crippen LogP contribution in [0.2, 0.25) is 10.0 Å². The van der Waals surface area contributed by atoms with Crippen molar-refractivity contribution in [3.8, 4) is 22.9 Å². The van der Waals surface area contributed by atoms with Crippen molar-refractivity contribution in [3.05, 3.63) is 52.0 Å². The Kier molecular flexibility index (Phi) is 5.23. The molecule has 1 aromatic heterocycles. The number of hydrogen-bond donors (Lipinski definition) is 0. The largest absolute Gasteiger partial charge is 0.493 e. The zero-order chi connectivity index (χ0) is 19.8. The van der Waals surface area contributed by atoms with E-state index in [0.29, 0.717) is 44.5 Å². The molecule has 1 atom stereocenters. The number of thioether (sulfide) groups is 1. The quantitative estimate of drug-likeness (QED) is 0.564. The van der Waals surface area contributed by atoms with Gasteiger partial charge in [0.1, 0.15) is 0 Å². The van der Waals surface area contributed by atoms with Crippen molar-refractivity contribution in [2.24, 2.45) is 0 Å². The Morgan fingerprint density at radius 3 is 2.57 bits per heavy atom. The highest BCUT2D eigenvalue weighted by atomic mass is 35.5. The van der Waals surface area contributed by atoms with Gasteiger partial charge in [0, 0.05) is 17.2 Å². The number of nitrogens with zero attached hydrogens (tertiary/aromatic N) is 3. The van der Waals surface area contributed by atoms with Crippen LogP contribution >= 0.6 is 35.0 Å². The van der Waals surface area contributed by atoms with E-state index >= 15 is 0 Å². The molecule has 0 radical (unpaired) electrons. The summed E-state index contributed by atoms with van der Waals surface area (Å²) in [6.07, 6.45) is 0.303. The molecule has 0 spiro atoms. The molecule has 0 bridgehead atoms. The zero-order valence-corrected chi connectivity index (χ0v) is 17.3. The van der Waals surface area contributed by atoms with Crippen LogP contribution in [0.15, 0.2) is 41.6 Å². The number of aromatic nitrogens is 3. The molecule has 1 aliphatic rings. The Balaban J connectivity index is 1.66. The lowest BCUT2D eigenvalue weighted by molar-refractivity contribution is 0.0868. The standard InChI is InChI=1S/C19H15Cl2N3O3S/c1-26-14-6-4-10(8-15(14)27-2)16-9-17(25)24-19(28-16)22-18(23-24)11-3-5-12(20)13(21)7-11/h3-8,16H,9H2,1-2H3/t16-/m0/s1. The Morgan fingerprint density at radius 2 is 1.86 bits per heavy atom. The first kappa shape index (κ1) is 19.1. The Hall–Kier alpha value is -2.22. The van der Waals surface area contributed by atoms with Gasteiger partial charge < -0.3 is 9.47 Å². The van der Waals surface area contributed by atoms with Gasteiger partial charge in [-0.05, 0) is 35.9 Å². The molecule has 0 unspecified atom stereocenters. The minimum atomic E-state index is -0.118. The lowest BCUT2D eigenvalue weighted by Crippen LogP contribution is -2.21. The summed E-state index contributed by atoms with van der Waals surface area (Å²) < 4.78 is 12.0. The van der Waals surface area contributed by atoms with Crippen LogP contribution in [0, 0.1) is 0 Å². The smallest absolute Gasteiger partial charge is 0.250 e. The molecule has 1 aliphatic heterocycles. The highest BCUT2D eigenvalue weighted by Gasteiger charge is 2.30. The summed E-state index contributed by atoms with van der Waals surface area (Å²) >= 11 is 13.5. The first-order valence-electron chi connectivity index (χ1n) is 8.34. The number of halogens is 2. The number of carbonyl (C=O) groups is 1. The van der Waals surface area contributed by atoms with E-state index in [1.165, 1.54) is 16.4 Å². The molecule has 28 heavy (non-hydrogen) atoms. The summed E-state index contributed by atoms with van der Waals surface area (Å²) in [7, 11) is 3.17. The molecule has 0 saturated heterocycles. The van der Waals surface area contributed by atoms with Gasteiger partial charge in [-0.1, -0.05) is 41.0 Å². The molecule has 4 rings (SSSR count). The second-order valence-electron chi connectivity index (χ2n) is 6.08. The first-order valence-corrected chi connectivity index (χ1v) is 9.98. The van der Waals surface area contributed by atoms with Crippen molar-refractivity contribution < 1.29 is 14.3 Å². The van der Waals surface area contributed by atoms with Crippen molar-refractivity contribution in [3.63, 3.8) is 0 Å². The molecular weight excluding hydrogens is 421 g/mol. The molecule has 0 amide bonds. The normalized spacial score (nSPS) is 16.0. The number of methoxy groups -OCH3 is 2. The van der Waals surface area contributed by atoms with Gasteiger partial charge >= 0.3 is 0 Å².